The van der Waals surface area contributed by atoms with Gasteiger partial charge in [0, 0.05) is 25.7 Å². The van der Waals surface area contributed by atoms with Crippen molar-refractivity contribution < 1.29 is 14.3 Å². The molecule has 0 bridgehead atoms. The molecule has 1 atom stereocenters. The van der Waals surface area contributed by atoms with Crippen molar-refractivity contribution in [3.63, 3.8) is 0 Å². The Morgan fingerprint density at radius 2 is 1.82 bits per heavy atom. The maximum Gasteiger partial charge on any atom is 0.254 e. The first-order valence-corrected chi connectivity index (χ1v) is 11.3. The smallest absolute Gasteiger partial charge is 0.254 e. The summed E-state index contributed by atoms with van der Waals surface area (Å²) in [5.74, 6) is 0.541. The lowest BCUT2D eigenvalue weighted by atomic mass is 9.78. The zero-order valence-corrected chi connectivity index (χ0v) is 19.4. The van der Waals surface area contributed by atoms with Crippen LogP contribution in [-0.2, 0) is 11.2 Å². The van der Waals surface area contributed by atoms with Crippen LogP contribution in [0.4, 0.5) is 0 Å². The number of ether oxygens (including phenoxy) is 1. The third-order valence-corrected chi connectivity index (χ3v) is 6.54. The van der Waals surface area contributed by atoms with E-state index in [4.69, 9.17) is 4.74 Å². The van der Waals surface area contributed by atoms with E-state index in [0.717, 1.165) is 16.7 Å². The van der Waals surface area contributed by atoms with Crippen LogP contribution >= 0.6 is 0 Å². The molecule has 0 spiro atoms. The van der Waals surface area contributed by atoms with E-state index in [-0.39, 0.29) is 11.8 Å². The van der Waals surface area contributed by atoms with Gasteiger partial charge in [-0.3, -0.25) is 9.59 Å². The molecule has 1 aliphatic rings. The quantitative estimate of drug-likeness (QED) is 0.612. The number of amides is 2. The lowest BCUT2D eigenvalue weighted by molar-refractivity contribution is -0.129. The Morgan fingerprint density at radius 3 is 2.58 bits per heavy atom. The van der Waals surface area contributed by atoms with Gasteiger partial charge in [-0.1, -0.05) is 60.2 Å². The van der Waals surface area contributed by atoms with Gasteiger partial charge >= 0.3 is 0 Å². The molecule has 170 valence electrons. The Bertz CT molecular complexity index is 1170. The molecule has 0 unspecified atom stereocenters. The zero-order chi connectivity index (χ0) is 23.4. The normalized spacial score (nSPS) is 17.6. The van der Waals surface area contributed by atoms with E-state index in [1.807, 2.05) is 24.3 Å². The van der Waals surface area contributed by atoms with Gasteiger partial charge in [0.25, 0.3) is 5.91 Å². The van der Waals surface area contributed by atoms with Crippen LogP contribution < -0.4 is 10.1 Å². The number of carbonyl (C=O) groups excluding carboxylic acids is 2. The number of hydrogen-bond acceptors (Lipinski definition) is 3. The molecule has 2 amide bonds. The summed E-state index contributed by atoms with van der Waals surface area (Å²) >= 11 is 0. The zero-order valence-electron chi connectivity index (χ0n) is 19.4. The lowest BCUT2D eigenvalue weighted by Crippen LogP contribution is -2.44. The molecule has 5 nitrogen and oxygen atoms in total. The fourth-order valence-electron chi connectivity index (χ4n) is 4.79. The molecule has 33 heavy (non-hydrogen) atoms. The minimum Gasteiger partial charge on any atom is -0.497 e. The van der Waals surface area contributed by atoms with Gasteiger partial charge in [0.1, 0.15) is 5.75 Å². The number of hydrogen-bond donors (Lipinski definition) is 1. The Kier molecular flexibility index (Phi) is 6.50. The summed E-state index contributed by atoms with van der Waals surface area (Å²) in [6.45, 7) is 3.00. The molecule has 1 aliphatic heterocycles. The maximum atomic E-state index is 13.2. The van der Waals surface area contributed by atoms with Crippen molar-refractivity contribution in [2.45, 2.75) is 19.8 Å². The monoisotopic (exact) mass is 442 g/mol. The minimum absolute atomic E-state index is 0.0255. The first-order valence-electron chi connectivity index (χ1n) is 11.3. The summed E-state index contributed by atoms with van der Waals surface area (Å²) in [6, 6.07) is 23.8. The second-order valence-corrected chi connectivity index (χ2v) is 8.77. The van der Waals surface area contributed by atoms with Crippen LogP contribution in [0.3, 0.4) is 0 Å². The summed E-state index contributed by atoms with van der Waals surface area (Å²) in [6.07, 6.45) is 1.18. The van der Waals surface area contributed by atoms with Crippen LogP contribution in [0.5, 0.6) is 5.75 Å². The number of nitrogens with zero attached hydrogens (tertiary/aromatic N) is 1. The van der Waals surface area contributed by atoms with Gasteiger partial charge in [-0.2, -0.15) is 0 Å². The van der Waals surface area contributed by atoms with Crippen molar-refractivity contribution in [1.29, 1.82) is 0 Å². The van der Waals surface area contributed by atoms with E-state index in [1.165, 1.54) is 5.56 Å². The molecule has 0 saturated carbocycles. The molecule has 5 heteroatoms. The number of rotatable bonds is 6. The van der Waals surface area contributed by atoms with Gasteiger partial charge in [-0.05, 0) is 54.7 Å². The van der Waals surface area contributed by atoms with Crippen LogP contribution in [0.15, 0.2) is 72.8 Å². The summed E-state index contributed by atoms with van der Waals surface area (Å²) in [4.78, 5) is 28.2. The first kappa shape index (κ1) is 22.6. The molecule has 0 aromatic heterocycles. The molecule has 3 aromatic rings. The van der Waals surface area contributed by atoms with E-state index < -0.39 is 5.41 Å². The number of carbonyl (C=O) groups is 2. The van der Waals surface area contributed by atoms with Crippen molar-refractivity contribution in [3.8, 4) is 16.9 Å². The second-order valence-electron chi connectivity index (χ2n) is 8.77. The average Bonchev–Trinajstić information content (AvgIpc) is 3.28. The fourth-order valence-corrected chi connectivity index (χ4v) is 4.79. The largest absolute Gasteiger partial charge is 0.497 e. The van der Waals surface area contributed by atoms with E-state index in [2.05, 4.69) is 48.6 Å². The summed E-state index contributed by atoms with van der Waals surface area (Å²) in [5, 5.41) is 2.86. The highest BCUT2D eigenvalue weighted by Gasteiger charge is 2.46. The second kappa shape index (κ2) is 9.49. The standard InChI is InChI=1S/C28H30N2O3/c1-20-8-6-10-21(16-20)25-13-5-4-9-23(25)18-28(27(32)29-2)14-15-30(19-28)26(31)22-11-7-12-24(17-22)33-3/h4-13,16-17H,14-15,18-19H2,1-3H3,(H,29,32)/t28-/m1/s1. The summed E-state index contributed by atoms with van der Waals surface area (Å²) in [7, 11) is 3.25. The van der Waals surface area contributed by atoms with Gasteiger partial charge in [0.15, 0.2) is 0 Å². The SMILES string of the molecule is CNC(=O)[C@@]1(Cc2ccccc2-c2cccc(C)c2)CCN(C(=O)c2cccc(OC)c2)C1. The maximum absolute atomic E-state index is 13.2. The van der Waals surface area contributed by atoms with Gasteiger partial charge in [-0.15, -0.1) is 0 Å². The number of benzene rings is 3. The van der Waals surface area contributed by atoms with Crippen molar-refractivity contribution in [1.82, 2.24) is 10.2 Å². The molecular formula is C28H30N2O3. The van der Waals surface area contributed by atoms with Gasteiger partial charge in [0.05, 0.1) is 12.5 Å². The highest BCUT2D eigenvalue weighted by atomic mass is 16.5. The summed E-state index contributed by atoms with van der Waals surface area (Å²) < 4.78 is 5.27. The minimum atomic E-state index is -0.677. The van der Waals surface area contributed by atoms with Crippen LogP contribution in [0.25, 0.3) is 11.1 Å². The Hall–Kier alpha value is -3.60. The third-order valence-electron chi connectivity index (χ3n) is 6.54. The summed E-state index contributed by atoms with van der Waals surface area (Å²) in [5.41, 5.74) is 4.47. The fraction of sp³-hybridized carbons (Fsp3) is 0.286. The van der Waals surface area contributed by atoms with Crippen LogP contribution in [0, 0.1) is 12.3 Å². The Labute approximate surface area is 195 Å². The molecule has 0 radical (unpaired) electrons. The molecule has 1 heterocycles. The number of likely N-dealkylation sites (tertiary alicyclic amines) is 1. The number of methoxy groups -OCH3 is 1. The van der Waals surface area contributed by atoms with E-state index in [1.54, 1.807) is 31.2 Å². The van der Waals surface area contributed by atoms with E-state index in [9.17, 15) is 9.59 Å². The predicted octanol–water partition coefficient (Wildman–Crippen LogP) is 4.49. The average molecular weight is 443 g/mol. The Morgan fingerprint density at radius 1 is 1.03 bits per heavy atom. The topological polar surface area (TPSA) is 58.6 Å². The van der Waals surface area contributed by atoms with E-state index >= 15 is 0 Å². The molecule has 0 aliphatic carbocycles. The van der Waals surface area contributed by atoms with Crippen molar-refractivity contribution in [3.05, 3.63) is 89.5 Å². The highest BCUT2D eigenvalue weighted by Crippen LogP contribution is 2.38. The third kappa shape index (κ3) is 4.63. The first-order chi connectivity index (χ1) is 16.0. The van der Waals surface area contributed by atoms with Crippen LogP contribution in [-0.4, -0.2) is 44.0 Å². The number of aryl methyl sites for hydroxylation is 1. The molecule has 1 N–H and O–H groups in total. The van der Waals surface area contributed by atoms with E-state index in [0.29, 0.717) is 37.2 Å². The highest BCUT2D eigenvalue weighted by molar-refractivity contribution is 5.96. The van der Waals surface area contributed by atoms with Gasteiger partial charge in [0.2, 0.25) is 5.91 Å². The molecule has 4 rings (SSSR count). The van der Waals surface area contributed by atoms with Crippen molar-refractivity contribution >= 4 is 11.8 Å². The molecule has 1 fully saturated rings. The lowest BCUT2D eigenvalue weighted by Gasteiger charge is -2.29. The Balaban J connectivity index is 1.64. The predicted molar refractivity (Wildman–Crippen MR) is 130 cm³/mol. The molecule has 1 saturated heterocycles. The van der Waals surface area contributed by atoms with Gasteiger partial charge in [-0.25, -0.2) is 0 Å². The van der Waals surface area contributed by atoms with Crippen LogP contribution in [0.2, 0.25) is 0 Å². The van der Waals surface area contributed by atoms with Gasteiger partial charge < -0.3 is 15.0 Å². The van der Waals surface area contributed by atoms with Crippen molar-refractivity contribution in [2.24, 2.45) is 5.41 Å². The molecular weight excluding hydrogens is 412 g/mol. The van der Waals surface area contributed by atoms with Crippen molar-refractivity contribution in [2.75, 3.05) is 27.2 Å². The molecule has 3 aromatic carbocycles. The number of nitrogens with one attached hydrogen (secondary N) is 1. The van der Waals surface area contributed by atoms with Crippen LogP contribution in [0.1, 0.15) is 27.9 Å².